The third-order valence-electron chi connectivity index (χ3n) is 5.76. The van der Waals surface area contributed by atoms with E-state index in [4.69, 9.17) is 42.1 Å². The molecule has 0 aliphatic carbocycles. The predicted molar refractivity (Wildman–Crippen MR) is 143 cm³/mol. The van der Waals surface area contributed by atoms with Gasteiger partial charge in [-0.25, -0.2) is 9.78 Å². The Labute approximate surface area is 234 Å². The molecular formula is C23H31Cl2N5O7S. The molecule has 1 fully saturated rings. The van der Waals surface area contributed by atoms with Crippen molar-refractivity contribution in [2.75, 3.05) is 45.4 Å². The highest BCUT2D eigenvalue weighted by Crippen LogP contribution is 2.35. The molecule has 3 N–H and O–H groups in total. The van der Waals surface area contributed by atoms with Gasteiger partial charge in [-0.15, -0.1) is 0 Å². The first-order chi connectivity index (χ1) is 18.1. The van der Waals surface area contributed by atoms with Gasteiger partial charge in [-0.1, -0.05) is 34.5 Å². The summed E-state index contributed by atoms with van der Waals surface area (Å²) in [7, 11) is 3.07. The van der Waals surface area contributed by atoms with Gasteiger partial charge in [0, 0.05) is 39.0 Å². The van der Waals surface area contributed by atoms with Crippen LogP contribution in [-0.4, -0.2) is 86.6 Å². The number of aromatic amines is 1. The SMILES string of the molecule is CCOC(=O)Oc1sc(N2CC[C@@H](NC(=O)c3[nH]c(C)c(Cl)c3Cl)[C@@H](OC)C2)nc1C(=O)N[C@@H](C)COC. The zero-order valence-corrected chi connectivity index (χ0v) is 24.0. The molecule has 0 unspecified atom stereocenters. The first-order valence-electron chi connectivity index (χ1n) is 11.9. The lowest BCUT2D eigenvalue weighted by Gasteiger charge is -2.37. The molecule has 2 aromatic heterocycles. The number of nitrogens with zero attached hydrogens (tertiary/aromatic N) is 2. The van der Waals surface area contributed by atoms with Crippen LogP contribution in [0, 0.1) is 6.92 Å². The van der Waals surface area contributed by atoms with E-state index in [0.29, 0.717) is 42.0 Å². The van der Waals surface area contributed by atoms with Crippen molar-refractivity contribution in [2.24, 2.45) is 0 Å². The average molecular weight is 593 g/mol. The third kappa shape index (κ3) is 7.08. The molecule has 2 aromatic rings. The van der Waals surface area contributed by atoms with E-state index >= 15 is 0 Å². The molecule has 38 heavy (non-hydrogen) atoms. The minimum absolute atomic E-state index is 0.0126. The van der Waals surface area contributed by atoms with Crippen molar-refractivity contribution in [1.29, 1.82) is 0 Å². The lowest BCUT2D eigenvalue weighted by atomic mass is 10.0. The highest BCUT2D eigenvalue weighted by atomic mass is 35.5. The number of amides is 2. The molecule has 0 bridgehead atoms. The Hall–Kier alpha value is -2.58. The first-order valence-corrected chi connectivity index (χ1v) is 13.4. The molecule has 2 amide bonds. The normalized spacial score (nSPS) is 18.1. The maximum absolute atomic E-state index is 12.9. The van der Waals surface area contributed by atoms with Crippen molar-refractivity contribution in [1.82, 2.24) is 20.6 Å². The summed E-state index contributed by atoms with van der Waals surface area (Å²) in [6.45, 7) is 6.40. The fraction of sp³-hybridized carbons (Fsp3) is 0.565. The van der Waals surface area contributed by atoms with Gasteiger partial charge in [0.05, 0.1) is 35.4 Å². The number of carbonyl (C=O) groups is 3. The van der Waals surface area contributed by atoms with Crippen LogP contribution in [0.2, 0.25) is 10.0 Å². The van der Waals surface area contributed by atoms with E-state index in [1.807, 2.05) is 4.90 Å². The largest absolute Gasteiger partial charge is 0.514 e. The molecule has 3 heterocycles. The van der Waals surface area contributed by atoms with Gasteiger partial charge in [-0.05, 0) is 27.2 Å². The van der Waals surface area contributed by atoms with Gasteiger partial charge in [0.15, 0.2) is 10.8 Å². The molecule has 3 rings (SSSR count). The Morgan fingerprint density at radius 1 is 1.24 bits per heavy atom. The van der Waals surface area contributed by atoms with E-state index in [1.165, 1.54) is 7.11 Å². The third-order valence-corrected chi connectivity index (χ3v) is 7.70. The first kappa shape index (κ1) is 30.0. The number of H-pyrrole nitrogens is 1. The zero-order valence-electron chi connectivity index (χ0n) is 21.7. The minimum atomic E-state index is -0.934. The van der Waals surface area contributed by atoms with E-state index in [2.05, 4.69) is 20.6 Å². The maximum atomic E-state index is 12.9. The Balaban J connectivity index is 1.76. The van der Waals surface area contributed by atoms with Gasteiger partial charge < -0.3 is 39.5 Å². The number of rotatable bonds is 10. The highest BCUT2D eigenvalue weighted by Gasteiger charge is 2.34. The van der Waals surface area contributed by atoms with Crippen LogP contribution in [0.15, 0.2) is 0 Å². The van der Waals surface area contributed by atoms with Crippen LogP contribution in [0.25, 0.3) is 0 Å². The second-order valence-corrected chi connectivity index (χ2v) is 10.3. The molecule has 0 spiro atoms. The molecular weight excluding hydrogens is 561 g/mol. The van der Waals surface area contributed by atoms with Crippen molar-refractivity contribution in [3.8, 4) is 5.06 Å². The zero-order chi connectivity index (χ0) is 28.0. The van der Waals surface area contributed by atoms with E-state index in [-0.39, 0.29) is 40.2 Å². The summed E-state index contributed by atoms with van der Waals surface area (Å²) in [4.78, 5) is 47.0. The number of nitrogens with one attached hydrogen (secondary N) is 3. The van der Waals surface area contributed by atoms with Crippen molar-refractivity contribution in [2.45, 2.75) is 45.4 Å². The van der Waals surface area contributed by atoms with Crippen LogP contribution >= 0.6 is 34.5 Å². The summed E-state index contributed by atoms with van der Waals surface area (Å²) in [5, 5.41) is 6.65. The van der Waals surface area contributed by atoms with E-state index in [0.717, 1.165) is 11.3 Å². The van der Waals surface area contributed by atoms with E-state index < -0.39 is 24.1 Å². The van der Waals surface area contributed by atoms with Gasteiger partial charge in [0.2, 0.25) is 5.06 Å². The number of anilines is 1. The fourth-order valence-electron chi connectivity index (χ4n) is 3.91. The number of thiazole rings is 1. The Kier molecular flexibility index (Phi) is 10.6. The summed E-state index contributed by atoms with van der Waals surface area (Å²) in [6, 6.07) is -0.618. The molecule has 15 heteroatoms. The molecule has 1 aliphatic heterocycles. The van der Waals surface area contributed by atoms with Crippen molar-refractivity contribution < 1.29 is 33.3 Å². The molecule has 3 atom stereocenters. The average Bonchev–Trinajstić information content (AvgIpc) is 3.40. The summed E-state index contributed by atoms with van der Waals surface area (Å²) < 4.78 is 20.9. The fourth-order valence-corrected chi connectivity index (χ4v) is 5.27. The molecule has 0 radical (unpaired) electrons. The van der Waals surface area contributed by atoms with Gasteiger partial charge in [0.1, 0.15) is 5.69 Å². The topological polar surface area (TPSA) is 144 Å². The molecule has 1 saturated heterocycles. The number of aryl methyl sites for hydroxylation is 1. The second kappa shape index (κ2) is 13.5. The van der Waals surface area contributed by atoms with Gasteiger partial charge >= 0.3 is 6.16 Å². The number of halogens is 2. The second-order valence-electron chi connectivity index (χ2n) is 8.59. The number of aromatic nitrogens is 2. The molecule has 12 nitrogen and oxygen atoms in total. The number of methoxy groups -OCH3 is 2. The summed E-state index contributed by atoms with van der Waals surface area (Å²) in [5.74, 6) is -0.910. The number of hydrogen-bond donors (Lipinski definition) is 3. The monoisotopic (exact) mass is 591 g/mol. The Bertz CT molecular complexity index is 1160. The number of ether oxygens (including phenoxy) is 4. The van der Waals surface area contributed by atoms with Crippen LogP contribution in [0.3, 0.4) is 0 Å². The molecule has 0 saturated carbocycles. The number of hydrogen-bond acceptors (Lipinski definition) is 10. The van der Waals surface area contributed by atoms with Crippen molar-refractivity contribution in [3.05, 3.63) is 27.1 Å². The van der Waals surface area contributed by atoms with Crippen LogP contribution in [0.1, 0.15) is 46.9 Å². The van der Waals surface area contributed by atoms with Crippen LogP contribution in [0.5, 0.6) is 5.06 Å². The van der Waals surface area contributed by atoms with Crippen LogP contribution in [-0.2, 0) is 14.2 Å². The van der Waals surface area contributed by atoms with Gasteiger partial charge in [-0.2, -0.15) is 0 Å². The molecule has 0 aromatic carbocycles. The van der Waals surface area contributed by atoms with Gasteiger partial charge in [-0.3, -0.25) is 9.59 Å². The van der Waals surface area contributed by atoms with Crippen LogP contribution < -0.4 is 20.3 Å². The smallest absolute Gasteiger partial charge is 0.434 e. The predicted octanol–water partition coefficient (Wildman–Crippen LogP) is 3.41. The summed E-state index contributed by atoms with van der Waals surface area (Å²) >= 11 is 13.3. The van der Waals surface area contributed by atoms with Crippen molar-refractivity contribution >= 4 is 57.6 Å². The Morgan fingerprint density at radius 2 is 1.97 bits per heavy atom. The standard InChI is InChI=1S/C23H31Cl2N5O7S/c1-6-36-23(33)37-21-18(20(32)26-11(2)10-34-4)29-22(38-21)30-8-7-13(14(9-30)35-5)28-19(31)17-16(25)15(24)12(3)27-17/h11,13-14,27H,6-10H2,1-5H3,(H,26,32)(H,28,31)/t11-,13+,14-/m0/s1. The number of carbonyl (C=O) groups excluding carboxylic acids is 3. The molecule has 210 valence electrons. The summed E-state index contributed by atoms with van der Waals surface area (Å²) in [6.07, 6.45) is -0.832. The lowest BCUT2D eigenvalue weighted by Crippen LogP contribution is -2.55. The highest BCUT2D eigenvalue weighted by molar-refractivity contribution is 7.17. The van der Waals surface area contributed by atoms with Crippen molar-refractivity contribution in [3.63, 3.8) is 0 Å². The van der Waals surface area contributed by atoms with Crippen LogP contribution in [0.4, 0.5) is 9.93 Å². The molecule has 1 aliphatic rings. The van der Waals surface area contributed by atoms with Gasteiger partial charge in [0.25, 0.3) is 11.8 Å². The maximum Gasteiger partial charge on any atom is 0.514 e. The minimum Gasteiger partial charge on any atom is -0.434 e. The lowest BCUT2D eigenvalue weighted by molar-refractivity contribution is 0.0540. The van der Waals surface area contributed by atoms with E-state index in [1.54, 1.807) is 27.9 Å². The quantitative estimate of drug-likeness (QED) is 0.354. The number of piperidine rings is 1. The van der Waals surface area contributed by atoms with E-state index in [9.17, 15) is 14.4 Å². The Morgan fingerprint density at radius 3 is 2.58 bits per heavy atom. The summed E-state index contributed by atoms with van der Waals surface area (Å²) in [5.41, 5.74) is 0.741.